The van der Waals surface area contributed by atoms with Crippen molar-refractivity contribution in [1.29, 1.82) is 0 Å². The van der Waals surface area contributed by atoms with Crippen molar-refractivity contribution < 1.29 is 4.79 Å². The number of fused-ring (bicyclic) bond motifs is 1. The molecule has 0 atom stereocenters. The van der Waals surface area contributed by atoms with Gasteiger partial charge in [-0.05, 0) is 36.4 Å². The molecule has 3 aromatic carbocycles. The molecule has 1 amide bonds. The lowest BCUT2D eigenvalue weighted by Gasteiger charge is -2.35. The third kappa shape index (κ3) is 4.49. The molecule has 166 valence electrons. The molecule has 0 N–H and O–H groups in total. The van der Waals surface area contributed by atoms with Gasteiger partial charge in [0.05, 0.1) is 21.8 Å². The average molecular weight is 498 g/mol. The molecule has 2 heterocycles. The van der Waals surface area contributed by atoms with Crippen molar-refractivity contribution in [2.24, 2.45) is 0 Å². The number of rotatable bonds is 3. The summed E-state index contributed by atoms with van der Waals surface area (Å²) in [7, 11) is 0. The minimum Gasteiger partial charge on any atom is -0.337 e. The summed E-state index contributed by atoms with van der Waals surface area (Å²) in [6.07, 6.45) is 0. The molecule has 0 unspecified atom stereocenters. The second-order valence-electron chi connectivity index (χ2n) is 7.80. The van der Waals surface area contributed by atoms with Gasteiger partial charge in [-0.3, -0.25) is 4.79 Å². The molecule has 5 nitrogen and oxygen atoms in total. The number of benzene rings is 3. The Morgan fingerprint density at radius 2 is 1.48 bits per heavy atom. The molecule has 1 aliphatic rings. The first-order valence-corrected chi connectivity index (χ1v) is 11.6. The zero-order chi connectivity index (χ0) is 22.9. The summed E-state index contributed by atoms with van der Waals surface area (Å²) in [6, 6.07) is 20.6. The molecule has 0 bridgehead atoms. The molecule has 4 aromatic rings. The van der Waals surface area contributed by atoms with Crippen molar-refractivity contribution in [3.8, 4) is 11.3 Å². The minimum atomic E-state index is -0.102. The Balaban J connectivity index is 1.42. The van der Waals surface area contributed by atoms with E-state index < -0.39 is 0 Å². The Labute approximate surface area is 206 Å². The van der Waals surface area contributed by atoms with Crippen LogP contribution in [0.25, 0.3) is 22.2 Å². The van der Waals surface area contributed by atoms with Gasteiger partial charge < -0.3 is 9.80 Å². The second kappa shape index (κ2) is 9.18. The molecule has 0 aliphatic carbocycles. The van der Waals surface area contributed by atoms with Gasteiger partial charge in [-0.25, -0.2) is 9.97 Å². The maximum absolute atomic E-state index is 13.0. The van der Waals surface area contributed by atoms with Crippen LogP contribution < -0.4 is 4.90 Å². The molecule has 0 saturated carbocycles. The standard InChI is InChI=1S/C25H19Cl3N4O/c26-17-7-9-22-20(14-17)23(16-4-2-1-3-5-16)30-25(29-22)32-12-10-31(11-13-32)24(33)19-8-6-18(27)15-21(19)28/h1-9,14-15H,10-13H2. The highest BCUT2D eigenvalue weighted by Gasteiger charge is 2.25. The molecule has 5 rings (SSSR count). The summed E-state index contributed by atoms with van der Waals surface area (Å²) in [4.78, 5) is 26.6. The fraction of sp³-hybridized carbons (Fsp3) is 0.160. The summed E-state index contributed by atoms with van der Waals surface area (Å²) in [5.74, 6) is 0.538. The minimum absolute atomic E-state index is 0.102. The first kappa shape index (κ1) is 22.0. The van der Waals surface area contributed by atoms with Gasteiger partial charge >= 0.3 is 0 Å². The predicted molar refractivity (Wildman–Crippen MR) is 135 cm³/mol. The molecule has 8 heteroatoms. The van der Waals surface area contributed by atoms with Crippen molar-refractivity contribution in [2.75, 3.05) is 31.1 Å². The summed E-state index contributed by atoms with van der Waals surface area (Å²) in [5, 5.41) is 2.41. The van der Waals surface area contributed by atoms with Crippen LogP contribution in [0.3, 0.4) is 0 Å². The zero-order valence-electron chi connectivity index (χ0n) is 17.5. The van der Waals surface area contributed by atoms with Crippen LogP contribution in [-0.4, -0.2) is 47.0 Å². The molecule has 0 spiro atoms. The molecule has 1 saturated heterocycles. The zero-order valence-corrected chi connectivity index (χ0v) is 19.8. The molecule has 1 fully saturated rings. The Morgan fingerprint density at radius 3 is 2.21 bits per heavy atom. The molecular weight excluding hydrogens is 479 g/mol. The van der Waals surface area contributed by atoms with E-state index in [0.717, 1.165) is 22.2 Å². The van der Waals surface area contributed by atoms with E-state index in [2.05, 4.69) is 4.90 Å². The first-order valence-electron chi connectivity index (χ1n) is 10.5. The van der Waals surface area contributed by atoms with Crippen LogP contribution >= 0.6 is 34.8 Å². The van der Waals surface area contributed by atoms with E-state index in [1.807, 2.05) is 48.5 Å². The Bertz CT molecular complexity index is 1340. The molecule has 1 aromatic heterocycles. The van der Waals surface area contributed by atoms with Crippen molar-refractivity contribution in [3.63, 3.8) is 0 Å². The average Bonchev–Trinajstić information content (AvgIpc) is 2.84. The predicted octanol–water partition coefficient (Wildman–Crippen LogP) is 6.22. The van der Waals surface area contributed by atoms with Crippen LogP contribution in [0.1, 0.15) is 10.4 Å². The molecule has 33 heavy (non-hydrogen) atoms. The SMILES string of the molecule is O=C(c1ccc(Cl)cc1Cl)N1CCN(c2nc(-c3ccccc3)c3cc(Cl)ccc3n2)CC1. The second-order valence-corrected chi connectivity index (χ2v) is 9.08. The van der Waals surface area contributed by atoms with Crippen LogP contribution in [0.15, 0.2) is 66.7 Å². The highest BCUT2D eigenvalue weighted by molar-refractivity contribution is 6.36. The largest absolute Gasteiger partial charge is 0.337 e. The van der Waals surface area contributed by atoms with Gasteiger partial charge in [-0.2, -0.15) is 0 Å². The van der Waals surface area contributed by atoms with E-state index in [-0.39, 0.29) is 5.91 Å². The lowest BCUT2D eigenvalue weighted by Crippen LogP contribution is -2.49. The maximum Gasteiger partial charge on any atom is 0.255 e. The maximum atomic E-state index is 13.0. The third-order valence-electron chi connectivity index (χ3n) is 5.70. The first-order chi connectivity index (χ1) is 16.0. The lowest BCUT2D eigenvalue weighted by molar-refractivity contribution is 0.0746. The van der Waals surface area contributed by atoms with E-state index in [9.17, 15) is 4.79 Å². The number of amides is 1. The van der Waals surface area contributed by atoms with Gasteiger partial charge in [0.25, 0.3) is 5.91 Å². The number of hydrogen-bond donors (Lipinski definition) is 0. The molecule has 1 aliphatic heterocycles. The monoisotopic (exact) mass is 496 g/mol. The van der Waals surface area contributed by atoms with Gasteiger partial charge in [-0.1, -0.05) is 65.1 Å². The van der Waals surface area contributed by atoms with Crippen molar-refractivity contribution in [3.05, 3.63) is 87.4 Å². The smallest absolute Gasteiger partial charge is 0.255 e. The van der Waals surface area contributed by atoms with Gasteiger partial charge in [0.2, 0.25) is 5.95 Å². The Hall–Kier alpha value is -2.86. The van der Waals surface area contributed by atoms with E-state index in [1.54, 1.807) is 23.1 Å². The van der Waals surface area contributed by atoms with Gasteiger partial charge in [-0.15, -0.1) is 0 Å². The Morgan fingerprint density at radius 1 is 0.788 bits per heavy atom. The lowest BCUT2D eigenvalue weighted by atomic mass is 10.1. The van der Waals surface area contributed by atoms with Gasteiger partial charge in [0, 0.05) is 47.2 Å². The van der Waals surface area contributed by atoms with Crippen LogP contribution in [0.5, 0.6) is 0 Å². The topological polar surface area (TPSA) is 49.3 Å². The highest BCUT2D eigenvalue weighted by Crippen LogP contribution is 2.31. The number of anilines is 1. The number of carbonyl (C=O) groups excluding carboxylic acids is 1. The summed E-state index contributed by atoms with van der Waals surface area (Å²) in [6.45, 7) is 2.31. The molecular formula is C25H19Cl3N4O. The van der Waals surface area contributed by atoms with E-state index in [1.165, 1.54) is 0 Å². The summed E-state index contributed by atoms with van der Waals surface area (Å²) < 4.78 is 0. The van der Waals surface area contributed by atoms with Crippen LogP contribution in [-0.2, 0) is 0 Å². The summed E-state index contributed by atoms with van der Waals surface area (Å²) in [5.41, 5.74) is 3.12. The van der Waals surface area contributed by atoms with Crippen LogP contribution in [0.4, 0.5) is 5.95 Å². The van der Waals surface area contributed by atoms with Crippen molar-refractivity contribution in [1.82, 2.24) is 14.9 Å². The fourth-order valence-corrected chi connectivity index (χ4v) is 4.65. The third-order valence-corrected chi connectivity index (χ3v) is 6.49. The van der Waals surface area contributed by atoms with E-state index in [4.69, 9.17) is 44.8 Å². The van der Waals surface area contributed by atoms with Crippen molar-refractivity contribution in [2.45, 2.75) is 0 Å². The van der Waals surface area contributed by atoms with E-state index in [0.29, 0.717) is 52.8 Å². The number of hydrogen-bond acceptors (Lipinski definition) is 4. The van der Waals surface area contributed by atoms with Gasteiger partial charge in [0.1, 0.15) is 0 Å². The quantitative estimate of drug-likeness (QED) is 0.337. The normalized spacial score (nSPS) is 14.0. The summed E-state index contributed by atoms with van der Waals surface area (Å²) >= 11 is 18.5. The van der Waals surface area contributed by atoms with E-state index >= 15 is 0 Å². The van der Waals surface area contributed by atoms with Crippen molar-refractivity contribution >= 4 is 57.6 Å². The van der Waals surface area contributed by atoms with Gasteiger partial charge in [0.15, 0.2) is 0 Å². The number of nitrogens with zero attached hydrogens (tertiary/aromatic N) is 4. The highest BCUT2D eigenvalue weighted by atomic mass is 35.5. The number of aromatic nitrogens is 2. The van der Waals surface area contributed by atoms with Crippen LogP contribution in [0.2, 0.25) is 15.1 Å². The van der Waals surface area contributed by atoms with Crippen LogP contribution in [0, 0.1) is 0 Å². The molecule has 0 radical (unpaired) electrons. The number of piperazine rings is 1. The fourth-order valence-electron chi connectivity index (χ4n) is 3.99. The Kier molecular flexibility index (Phi) is 6.11. The number of carbonyl (C=O) groups is 1. The number of halogens is 3.